The van der Waals surface area contributed by atoms with Gasteiger partial charge in [0.05, 0.1) is 18.4 Å². The third kappa shape index (κ3) is 3.55. The van der Waals surface area contributed by atoms with Gasteiger partial charge >= 0.3 is 5.97 Å². The first kappa shape index (κ1) is 18.3. The van der Waals surface area contributed by atoms with Crippen molar-refractivity contribution >= 4 is 29.1 Å². The van der Waals surface area contributed by atoms with Gasteiger partial charge in [-0.1, -0.05) is 11.6 Å². The number of hydrogen-bond acceptors (Lipinski definition) is 6. The van der Waals surface area contributed by atoms with Crippen LogP contribution in [0.2, 0.25) is 5.15 Å². The van der Waals surface area contributed by atoms with Gasteiger partial charge in [0, 0.05) is 30.6 Å². The third-order valence-corrected chi connectivity index (χ3v) is 4.63. The van der Waals surface area contributed by atoms with Gasteiger partial charge in [-0.05, 0) is 25.0 Å². The molecule has 1 unspecified atom stereocenters. The zero-order valence-electron chi connectivity index (χ0n) is 14.0. The Hall–Kier alpha value is -2.48. The molecule has 0 amide bonds. The van der Waals surface area contributed by atoms with E-state index in [-0.39, 0.29) is 22.1 Å². The van der Waals surface area contributed by atoms with Crippen molar-refractivity contribution in [2.24, 2.45) is 0 Å². The van der Waals surface area contributed by atoms with Gasteiger partial charge in [-0.25, -0.2) is 13.6 Å². The average molecular weight is 383 g/mol. The van der Waals surface area contributed by atoms with Crippen LogP contribution in [0.5, 0.6) is 0 Å². The Balaban J connectivity index is 1.90. The van der Waals surface area contributed by atoms with Crippen LogP contribution in [0.4, 0.5) is 20.3 Å². The molecule has 1 aliphatic heterocycles. The molecule has 0 spiro atoms. The Morgan fingerprint density at radius 3 is 2.65 bits per heavy atom. The lowest BCUT2D eigenvalue weighted by Gasteiger charge is -2.35. The van der Waals surface area contributed by atoms with Crippen LogP contribution in [0.1, 0.15) is 34.7 Å². The number of piperidine rings is 1. The SMILES string of the molecule is COC(=O)c1cc(F)c(C2CCCN(c3cc(Cl)nnc3N)C2)c(F)c1. The first-order chi connectivity index (χ1) is 12.4. The number of benzene rings is 1. The second-order valence-electron chi connectivity index (χ2n) is 6.07. The molecule has 1 aromatic carbocycles. The second kappa shape index (κ2) is 7.41. The molecule has 0 aliphatic carbocycles. The molecule has 2 N–H and O–H groups in total. The summed E-state index contributed by atoms with van der Waals surface area (Å²) in [6, 6.07) is 3.59. The third-order valence-electron chi connectivity index (χ3n) is 4.44. The summed E-state index contributed by atoms with van der Waals surface area (Å²) in [6.07, 6.45) is 1.32. The fraction of sp³-hybridized carbons (Fsp3) is 0.353. The molecule has 1 aromatic heterocycles. The summed E-state index contributed by atoms with van der Waals surface area (Å²) in [5.74, 6) is -2.52. The molecule has 2 aromatic rings. The predicted molar refractivity (Wildman–Crippen MR) is 93.3 cm³/mol. The number of hydrogen-bond donors (Lipinski definition) is 1. The van der Waals surface area contributed by atoms with E-state index in [2.05, 4.69) is 14.9 Å². The van der Waals surface area contributed by atoms with Crippen molar-refractivity contribution < 1.29 is 18.3 Å². The highest BCUT2D eigenvalue weighted by molar-refractivity contribution is 6.29. The molecular formula is C17H17ClF2N4O2. The number of methoxy groups -OCH3 is 1. The highest BCUT2D eigenvalue weighted by Crippen LogP contribution is 2.35. The molecule has 26 heavy (non-hydrogen) atoms. The Bertz CT molecular complexity index is 827. The van der Waals surface area contributed by atoms with Gasteiger partial charge in [0.2, 0.25) is 0 Å². The van der Waals surface area contributed by atoms with Crippen LogP contribution < -0.4 is 10.6 Å². The standard InChI is InChI=1S/C17H17ClF2N4O2/c1-26-17(25)10-5-11(19)15(12(20)6-10)9-3-2-4-24(8-9)13-7-14(18)22-23-16(13)21/h5-7,9H,2-4,8H2,1H3,(H2,21,23). The minimum Gasteiger partial charge on any atom is -0.465 e. The lowest BCUT2D eigenvalue weighted by atomic mass is 9.89. The Kier molecular flexibility index (Phi) is 5.22. The van der Waals surface area contributed by atoms with E-state index >= 15 is 0 Å². The van der Waals surface area contributed by atoms with Crippen LogP contribution >= 0.6 is 11.6 Å². The number of esters is 1. The molecule has 3 rings (SSSR count). The predicted octanol–water partition coefficient (Wildman–Crippen LogP) is 3.16. The van der Waals surface area contributed by atoms with E-state index < -0.39 is 23.5 Å². The first-order valence-corrected chi connectivity index (χ1v) is 8.39. The molecule has 9 heteroatoms. The van der Waals surface area contributed by atoms with Gasteiger partial charge in [-0.3, -0.25) is 0 Å². The smallest absolute Gasteiger partial charge is 0.338 e. The average Bonchev–Trinajstić information content (AvgIpc) is 2.62. The monoisotopic (exact) mass is 382 g/mol. The minimum atomic E-state index is -0.787. The lowest BCUT2D eigenvalue weighted by molar-refractivity contribution is 0.0599. The van der Waals surface area contributed by atoms with E-state index in [1.54, 1.807) is 6.07 Å². The van der Waals surface area contributed by atoms with E-state index in [1.165, 1.54) is 0 Å². The zero-order chi connectivity index (χ0) is 18.8. The van der Waals surface area contributed by atoms with Crippen molar-refractivity contribution in [1.29, 1.82) is 0 Å². The normalized spacial score (nSPS) is 17.2. The van der Waals surface area contributed by atoms with E-state index in [1.807, 2.05) is 4.90 Å². The summed E-state index contributed by atoms with van der Waals surface area (Å²) in [5.41, 5.74) is 6.24. The molecular weight excluding hydrogens is 366 g/mol. The number of anilines is 2. The number of halogens is 3. The molecule has 1 fully saturated rings. The van der Waals surface area contributed by atoms with Crippen LogP contribution in [0.3, 0.4) is 0 Å². The van der Waals surface area contributed by atoms with Gasteiger partial charge in [0.25, 0.3) is 0 Å². The van der Waals surface area contributed by atoms with Crippen molar-refractivity contribution in [3.8, 4) is 0 Å². The molecule has 1 saturated heterocycles. The topological polar surface area (TPSA) is 81.3 Å². The number of ether oxygens (including phenoxy) is 1. The summed E-state index contributed by atoms with van der Waals surface area (Å²) in [4.78, 5) is 13.4. The highest BCUT2D eigenvalue weighted by Gasteiger charge is 2.29. The Morgan fingerprint density at radius 1 is 1.31 bits per heavy atom. The fourth-order valence-electron chi connectivity index (χ4n) is 3.26. The molecule has 138 valence electrons. The number of aromatic nitrogens is 2. The van der Waals surface area contributed by atoms with Crippen LogP contribution in [0.25, 0.3) is 0 Å². The maximum absolute atomic E-state index is 14.5. The summed E-state index contributed by atoms with van der Waals surface area (Å²) >= 11 is 5.88. The van der Waals surface area contributed by atoms with Crippen molar-refractivity contribution in [2.45, 2.75) is 18.8 Å². The zero-order valence-corrected chi connectivity index (χ0v) is 14.8. The van der Waals surface area contributed by atoms with Gasteiger partial charge in [0.15, 0.2) is 11.0 Å². The quantitative estimate of drug-likeness (QED) is 0.821. The molecule has 2 heterocycles. The van der Waals surface area contributed by atoms with Crippen LogP contribution in [0, 0.1) is 11.6 Å². The largest absolute Gasteiger partial charge is 0.465 e. The Labute approximate surface area is 153 Å². The summed E-state index contributed by atoms with van der Waals surface area (Å²) < 4.78 is 33.6. The summed E-state index contributed by atoms with van der Waals surface area (Å²) in [5, 5.41) is 7.65. The van der Waals surface area contributed by atoms with E-state index in [9.17, 15) is 13.6 Å². The maximum atomic E-state index is 14.5. The maximum Gasteiger partial charge on any atom is 0.338 e. The fourth-order valence-corrected chi connectivity index (χ4v) is 3.40. The number of carbonyl (C=O) groups excluding carboxylic acids is 1. The lowest BCUT2D eigenvalue weighted by Crippen LogP contribution is -2.35. The molecule has 0 radical (unpaired) electrons. The number of rotatable bonds is 3. The van der Waals surface area contributed by atoms with E-state index in [4.69, 9.17) is 17.3 Å². The van der Waals surface area contributed by atoms with Crippen LogP contribution in [0.15, 0.2) is 18.2 Å². The molecule has 0 bridgehead atoms. The van der Waals surface area contributed by atoms with Crippen molar-refractivity contribution in [3.05, 3.63) is 46.1 Å². The number of nitrogens with zero attached hydrogens (tertiary/aromatic N) is 3. The van der Waals surface area contributed by atoms with Crippen LogP contribution in [-0.2, 0) is 4.74 Å². The summed E-state index contributed by atoms with van der Waals surface area (Å²) in [7, 11) is 1.16. The number of nitrogen functional groups attached to an aromatic ring is 1. The highest BCUT2D eigenvalue weighted by atomic mass is 35.5. The van der Waals surface area contributed by atoms with E-state index in [0.717, 1.165) is 19.2 Å². The number of nitrogens with two attached hydrogens (primary N) is 1. The van der Waals surface area contributed by atoms with Crippen molar-refractivity contribution in [1.82, 2.24) is 10.2 Å². The summed E-state index contributed by atoms with van der Waals surface area (Å²) in [6.45, 7) is 1.00. The van der Waals surface area contributed by atoms with Gasteiger partial charge < -0.3 is 15.4 Å². The van der Waals surface area contributed by atoms with Gasteiger partial charge in [-0.2, -0.15) is 0 Å². The number of carbonyl (C=O) groups is 1. The van der Waals surface area contributed by atoms with Crippen molar-refractivity contribution in [3.63, 3.8) is 0 Å². The molecule has 1 atom stereocenters. The van der Waals surface area contributed by atoms with Gasteiger partial charge in [0.1, 0.15) is 11.6 Å². The second-order valence-corrected chi connectivity index (χ2v) is 6.46. The Morgan fingerprint density at radius 2 is 2.00 bits per heavy atom. The minimum absolute atomic E-state index is 0.0472. The van der Waals surface area contributed by atoms with E-state index in [0.29, 0.717) is 31.6 Å². The van der Waals surface area contributed by atoms with Crippen molar-refractivity contribution in [2.75, 3.05) is 30.8 Å². The molecule has 6 nitrogen and oxygen atoms in total. The first-order valence-electron chi connectivity index (χ1n) is 8.01. The van der Waals surface area contributed by atoms with Gasteiger partial charge in [-0.15, -0.1) is 10.2 Å². The molecule has 0 saturated carbocycles. The molecule has 1 aliphatic rings. The van der Waals surface area contributed by atoms with Crippen LogP contribution in [-0.4, -0.2) is 36.4 Å².